The van der Waals surface area contributed by atoms with Crippen molar-refractivity contribution in [1.82, 2.24) is 15.1 Å². The second-order valence-electron chi connectivity index (χ2n) is 5.60. The van der Waals surface area contributed by atoms with Crippen LogP contribution in [0.15, 0.2) is 17.5 Å². The van der Waals surface area contributed by atoms with E-state index in [9.17, 15) is 4.79 Å². The van der Waals surface area contributed by atoms with Crippen LogP contribution in [-0.2, 0) is 11.2 Å². The van der Waals surface area contributed by atoms with Crippen molar-refractivity contribution in [1.29, 1.82) is 0 Å². The number of thiophene rings is 1. The number of rotatable bonds is 4. The topological polar surface area (TPSA) is 35.6 Å². The van der Waals surface area contributed by atoms with Gasteiger partial charge in [0.05, 0.1) is 6.04 Å². The van der Waals surface area contributed by atoms with E-state index in [2.05, 4.69) is 27.7 Å². The van der Waals surface area contributed by atoms with E-state index in [4.69, 9.17) is 0 Å². The molecule has 1 aromatic rings. The average Bonchev–Trinajstić information content (AvgIpc) is 3.16. The number of carbonyl (C=O) groups is 1. The monoisotopic (exact) mass is 293 g/mol. The van der Waals surface area contributed by atoms with Crippen molar-refractivity contribution in [3.05, 3.63) is 22.4 Å². The zero-order valence-corrected chi connectivity index (χ0v) is 12.7. The Bertz CT molecular complexity index is 428. The van der Waals surface area contributed by atoms with E-state index in [1.165, 1.54) is 4.88 Å². The Morgan fingerprint density at radius 3 is 2.95 bits per heavy atom. The van der Waals surface area contributed by atoms with Gasteiger partial charge in [-0.25, -0.2) is 0 Å². The van der Waals surface area contributed by atoms with Gasteiger partial charge >= 0.3 is 0 Å². The molecular weight excluding hydrogens is 270 g/mol. The summed E-state index contributed by atoms with van der Waals surface area (Å²) in [5.41, 5.74) is 0. The Morgan fingerprint density at radius 2 is 2.20 bits per heavy atom. The first-order valence-electron chi connectivity index (χ1n) is 7.60. The molecular formula is C15H23N3OS. The maximum atomic E-state index is 12.6. The highest BCUT2D eigenvalue weighted by atomic mass is 32.1. The van der Waals surface area contributed by atoms with Crippen LogP contribution in [0.25, 0.3) is 0 Å². The molecule has 3 heterocycles. The molecule has 1 atom stereocenters. The van der Waals surface area contributed by atoms with Gasteiger partial charge in [-0.05, 0) is 37.3 Å². The molecule has 0 radical (unpaired) electrons. The van der Waals surface area contributed by atoms with Gasteiger partial charge in [0.1, 0.15) is 0 Å². The van der Waals surface area contributed by atoms with Crippen LogP contribution in [0.2, 0.25) is 0 Å². The molecule has 4 nitrogen and oxygen atoms in total. The van der Waals surface area contributed by atoms with Gasteiger partial charge in [-0.1, -0.05) is 6.07 Å². The molecule has 1 unspecified atom stereocenters. The summed E-state index contributed by atoms with van der Waals surface area (Å²) in [4.78, 5) is 18.5. The molecule has 110 valence electrons. The van der Waals surface area contributed by atoms with Crippen molar-refractivity contribution in [2.45, 2.75) is 25.3 Å². The molecule has 1 amide bonds. The number of hydrogen-bond acceptors (Lipinski definition) is 4. The Labute approximate surface area is 124 Å². The second-order valence-corrected chi connectivity index (χ2v) is 6.63. The van der Waals surface area contributed by atoms with Crippen LogP contribution in [0.3, 0.4) is 0 Å². The van der Waals surface area contributed by atoms with Gasteiger partial charge in [-0.3, -0.25) is 9.69 Å². The van der Waals surface area contributed by atoms with Crippen LogP contribution < -0.4 is 5.32 Å². The smallest absolute Gasteiger partial charge is 0.240 e. The fraction of sp³-hybridized carbons (Fsp3) is 0.667. The van der Waals surface area contributed by atoms with Gasteiger partial charge in [-0.2, -0.15) is 0 Å². The van der Waals surface area contributed by atoms with E-state index in [-0.39, 0.29) is 6.04 Å². The zero-order chi connectivity index (χ0) is 13.8. The van der Waals surface area contributed by atoms with Crippen molar-refractivity contribution in [3.8, 4) is 0 Å². The summed E-state index contributed by atoms with van der Waals surface area (Å²) >= 11 is 1.81. The predicted molar refractivity (Wildman–Crippen MR) is 82.1 cm³/mol. The van der Waals surface area contributed by atoms with Crippen LogP contribution in [0.4, 0.5) is 0 Å². The van der Waals surface area contributed by atoms with E-state index in [1.54, 1.807) is 0 Å². The minimum Gasteiger partial charge on any atom is -0.339 e. The molecule has 0 aliphatic carbocycles. The van der Waals surface area contributed by atoms with E-state index in [0.717, 1.165) is 58.5 Å². The van der Waals surface area contributed by atoms with Gasteiger partial charge in [0.2, 0.25) is 5.91 Å². The standard InChI is InChI=1S/C15H23N3OS/c19-15(18-10-6-16-7-11-18)14-4-1-8-17(14)9-5-13-3-2-12-20-13/h2-3,12,14,16H,1,4-11H2. The lowest BCUT2D eigenvalue weighted by Gasteiger charge is -2.32. The lowest BCUT2D eigenvalue weighted by molar-refractivity contribution is -0.136. The first-order valence-corrected chi connectivity index (χ1v) is 8.48. The van der Waals surface area contributed by atoms with Gasteiger partial charge in [0.15, 0.2) is 0 Å². The van der Waals surface area contributed by atoms with Crippen molar-refractivity contribution >= 4 is 17.2 Å². The Balaban J connectivity index is 1.55. The summed E-state index contributed by atoms with van der Waals surface area (Å²) < 4.78 is 0. The van der Waals surface area contributed by atoms with Gasteiger partial charge in [0.25, 0.3) is 0 Å². The third kappa shape index (κ3) is 3.22. The predicted octanol–water partition coefficient (Wildman–Crippen LogP) is 1.19. The van der Waals surface area contributed by atoms with Gasteiger partial charge in [-0.15, -0.1) is 11.3 Å². The summed E-state index contributed by atoms with van der Waals surface area (Å²) in [6.07, 6.45) is 3.27. The minimum absolute atomic E-state index is 0.132. The van der Waals surface area contributed by atoms with E-state index in [0.29, 0.717) is 5.91 Å². The fourth-order valence-electron chi connectivity index (χ4n) is 3.18. The Morgan fingerprint density at radius 1 is 1.35 bits per heavy atom. The molecule has 0 aromatic carbocycles. The molecule has 2 aliphatic heterocycles. The number of piperazine rings is 1. The highest BCUT2D eigenvalue weighted by molar-refractivity contribution is 7.09. The quantitative estimate of drug-likeness (QED) is 0.906. The number of amides is 1. The first-order chi connectivity index (χ1) is 9.84. The molecule has 20 heavy (non-hydrogen) atoms. The number of carbonyl (C=O) groups excluding carboxylic acids is 1. The third-order valence-electron chi connectivity index (χ3n) is 4.30. The number of likely N-dealkylation sites (tertiary alicyclic amines) is 1. The summed E-state index contributed by atoms with van der Waals surface area (Å²) in [6, 6.07) is 4.43. The van der Waals surface area contributed by atoms with Gasteiger partial charge in [0, 0.05) is 37.6 Å². The summed E-state index contributed by atoms with van der Waals surface area (Å²) in [7, 11) is 0. The lowest BCUT2D eigenvalue weighted by atomic mass is 10.1. The fourth-order valence-corrected chi connectivity index (χ4v) is 3.88. The normalized spacial score (nSPS) is 24.2. The molecule has 2 aliphatic rings. The van der Waals surface area contributed by atoms with E-state index in [1.807, 2.05) is 16.2 Å². The highest BCUT2D eigenvalue weighted by Gasteiger charge is 2.33. The molecule has 0 spiro atoms. The molecule has 1 N–H and O–H groups in total. The minimum atomic E-state index is 0.132. The molecule has 0 bridgehead atoms. The Kier molecular flexibility index (Phi) is 4.70. The molecule has 2 saturated heterocycles. The van der Waals surface area contributed by atoms with Crippen LogP contribution >= 0.6 is 11.3 Å². The highest BCUT2D eigenvalue weighted by Crippen LogP contribution is 2.21. The largest absolute Gasteiger partial charge is 0.339 e. The number of hydrogen-bond donors (Lipinski definition) is 1. The van der Waals surface area contributed by atoms with Gasteiger partial charge < -0.3 is 10.2 Å². The first kappa shape index (κ1) is 14.0. The second kappa shape index (κ2) is 6.70. The maximum Gasteiger partial charge on any atom is 0.240 e. The number of nitrogens with one attached hydrogen (secondary N) is 1. The zero-order valence-electron chi connectivity index (χ0n) is 11.9. The molecule has 0 saturated carbocycles. The summed E-state index contributed by atoms with van der Waals surface area (Å²) in [5.74, 6) is 0.357. The van der Waals surface area contributed by atoms with Crippen molar-refractivity contribution in [3.63, 3.8) is 0 Å². The molecule has 1 aromatic heterocycles. The Hall–Kier alpha value is -0.910. The van der Waals surface area contributed by atoms with Crippen molar-refractivity contribution in [2.24, 2.45) is 0 Å². The van der Waals surface area contributed by atoms with Crippen molar-refractivity contribution < 1.29 is 4.79 Å². The van der Waals surface area contributed by atoms with E-state index >= 15 is 0 Å². The third-order valence-corrected chi connectivity index (χ3v) is 5.24. The average molecular weight is 293 g/mol. The number of nitrogens with zero attached hydrogens (tertiary/aromatic N) is 2. The van der Waals surface area contributed by atoms with E-state index < -0.39 is 0 Å². The molecule has 5 heteroatoms. The van der Waals surface area contributed by atoms with Crippen LogP contribution in [-0.4, -0.2) is 61.0 Å². The van der Waals surface area contributed by atoms with Crippen LogP contribution in [0.5, 0.6) is 0 Å². The SMILES string of the molecule is O=C(C1CCCN1CCc1cccs1)N1CCNCC1. The summed E-state index contributed by atoms with van der Waals surface area (Å²) in [5, 5.41) is 5.44. The molecule has 2 fully saturated rings. The van der Waals surface area contributed by atoms with Crippen LogP contribution in [0, 0.1) is 0 Å². The lowest BCUT2D eigenvalue weighted by Crippen LogP contribution is -2.52. The summed E-state index contributed by atoms with van der Waals surface area (Å²) in [6.45, 7) is 5.71. The van der Waals surface area contributed by atoms with Crippen LogP contribution in [0.1, 0.15) is 17.7 Å². The molecule has 3 rings (SSSR count). The van der Waals surface area contributed by atoms with Crippen molar-refractivity contribution in [2.75, 3.05) is 39.3 Å². The maximum absolute atomic E-state index is 12.6.